The van der Waals surface area contributed by atoms with Gasteiger partial charge in [-0.15, -0.1) is 11.3 Å². The molecule has 2 atom stereocenters. The summed E-state index contributed by atoms with van der Waals surface area (Å²) in [4.78, 5) is 38.1. The topological polar surface area (TPSA) is 92.7 Å². The average molecular weight is 442 g/mol. The van der Waals surface area contributed by atoms with Crippen molar-refractivity contribution in [3.63, 3.8) is 0 Å². The molecule has 31 heavy (non-hydrogen) atoms. The molecule has 7 heteroatoms. The highest BCUT2D eigenvalue weighted by molar-refractivity contribution is 7.17. The van der Waals surface area contributed by atoms with Crippen LogP contribution in [0.15, 0.2) is 36.4 Å². The molecule has 0 unspecified atom stereocenters. The van der Waals surface area contributed by atoms with Crippen molar-refractivity contribution in [1.82, 2.24) is 0 Å². The van der Waals surface area contributed by atoms with Gasteiger partial charge in [0, 0.05) is 10.4 Å². The largest absolute Gasteiger partial charge is 0.481 e. The fraction of sp³-hybridized carbons (Fsp3) is 0.375. The van der Waals surface area contributed by atoms with E-state index < -0.39 is 29.7 Å². The number of thiophene rings is 1. The summed E-state index contributed by atoms with van der Waals surface area (Å²) in [5, 5.41) is 12.7. The summed E-state index contributed by atoms with van der Waals surface area (Å²) in [5.74, 6) is -3.39. The Bertz CT molecular complexity index is 1010. The third-order valence-corrected chi connectivity index (χ3v) is 6.60. The van der Waals surface area contributed by atoms with Gasteiger partial charge in [0.05, 0.1) is 18.9 Å². The zero-order valence-corrected chi connectivity index (χ0v) is 18.8. The standard InChI is InChI=1S/C24H27NO5S/c1-4-7-15-10-12-16(13-11-15)19-14(2)31-22(20(19)24(29)30-3)25-21(26)17-8-5-6-9-18(17)23(27)28/h5-6,10-13,17-18H,4,7-9H2,1-3H3,(H,25,26)(H,27,28)/t17-,18-/m0/s1. The molecule has 1 aromatic heterocycles. The van der Waals surface area contributed by atoms with Crippen molar-refractivity contribution in [2.45, 2.75) is 39.5 Å². The van der Waals surface area contributed by atoms with Crippen LogP contribution < -0.4 is 5.32 Å². The number of hydrogen-bond donors (Lipinski definition) is 2. The molecule has 1 heterocycles. The zero-order valence-electron chi connectivity index (χ0n) is 17.9. The van der Waals surface area contributed by atoms with Crippen LogP contribution in [0.5, 0.6) is 0 Å². The van der Waals surface area contributed by atoms with Gasteiger partial charge >= 0.3 is 11.9 Å². The molecule has 6 nitrogen and oxygen atoms in total. The van der Waals surface area contributed by atoms with E-state index in [1.54, 1.807) is 6.08 Å². The number of aliphatic carboxylic acids is 1. The highest BCUT2D eigenvalue weighted by Gasteiger charge is 2.35. The van der Waals surface area contributed by atoms with E-state index in [9.17, 15) is 19.5 Å². The minimum Gasteiger partial charge on any atom is -0.481 e. The molecule has 0 saturated carbocycles. The summed E-state index contributed by atoms with van der Waals surface area (Å²) >= 11 is 1.30. The number of carboxylic acids is 1. The maximum absolute atomic E-state index is 13.0. The fourth-order valence-corrected chi connectivity index (χ4v) is 5.05. The highest BCUT2D eigenvalue weighted by atomic mass is 32.1. The number of carbonyl (C=O) groups is 3. The van der Waals surface area contributed by atoms with E-state index in [4.69, 9.17) is 4.74 Å². The lowest BCUT2D eigenvalue weighted by Gasteiger charge is -2.24. The lowest BCUT2D eigenvalue weighted by atomic mass is 9.82. The first kappa shape index (κ1) is 22.7. The second-order valence-electron chi connectivity index (χ2n) is 7.66. The Morgan fingerprint density at radius 3 is 2.35 bits per heavy atom. The van der Waals surface area contributed by atoms with Crippen LogP contribution in [-0.2, 0) is 20.7 Å². The highest BCUT2D eigenvalue weighted by Crippen LogP contribution is 2.41. The number of methoxy groups -OCH3 is 1. The van der Waals surface area contributed by atoms with Crippen molar-refractivity contribution in [3.8, 4) is 11.1 Å². The Morgan fingerprint density at radius 1 is 1.13 bits per heavy atom. The van der Waals surface area contributed by atoms with Crippen LogP contribution in [0, 0.1) is 18.8 Å². The van der Waals surface area contributed by atoms with Gasteiger partial charge in [0.15, 0.2) is 0 Å². The van der Waals surface area contributed by atoms with Crippen LogP contribution in [0.2, 0.25) is 0 Å². The molecule has 1 aliphatic rings. The minimum atomic E-state index is -0.993. The van der Waals surface area contributed by atoms with Gasteiger partial charge in [0.25, 0.3) is 0 Å². The monoisotopic (exact) mass is 441 g/mol. The molecule has 1 aromatic carbocycles. The molecule has 1 aliphatic carbocycles. The van der Waals surface area contributed by atoms with Gasteiger partial charge < -0.3 is 15.2 Å². The maximum atomic E-state index is 13.0. The summed E-state index contributed by atoms with van der Waals surface area (Å²) in [6, 6.07) is 8.04. The third-order valence-electron chi connectivity index (χ3n) is 5.58. The number of benzene rings is 1. The van der Waals surface area contributed by atoms with Crippen molar-refractivity contribution in [2.75, 3.05) is 12.4 Å². The van der Waals surface area contributed by atoms with E-state index >= 15 is 0 Å². The van der Waals surface area contributed by atoms with Crippen molar-refractivity contribution in [3.05, 3.63) is 52.4 Å². The van der Waals surface area contributed by atoms with Gasteiger partial charge in [0.1, 0.15) is 10.6 Å². The van der Waals surface area contributed by atoms with Crippen LogP contribution >= 0.6 is 11.3 Å². The Hall–Kier alpha value is -2.93. The van der Waals surface area contributed by atoms with Crippen LogP contribution in [0.1, 0.15) is 47.0 Å². The molecule has 1 amide bonds. The second kappa shape index (κ2) is 9.92. The van der Waals surface area contributed by atoms with Gasteiger partial charge in [-0.1, -0.05) is 49.8 Å². The van der Waals surface area contributed by atoms with Gasteiger partial charge in [-0.2, -0.15) is 0 Å². The number of ether oxygens (including phenoxy) is 1. The first-order chi connectivity index (χ1) is 14.9. The SMILES string of the molecule is CCCc1ccc(-c2c(C)sc(NC(=O)[C@H]3CC=CC[C@@H]3C(=O)O)c2C(=O)OC)cc1. The van der Waals surface area contributed by atoms with Crippen molar-refractivity contribution >= 4 is 34.2 Å². The third kappa shape index (κ3) is 4.88. The van der Waals surface area contributed by atoms with Crippen LogP contribution in [0.3, 0.4) is 0 Å². The van der Waals surface area contributed by atoms with E-state index in [0.717, 1.165) is 28.8 Å². The number of allylic oxidation sites excluding steroid dienone is 2. The smallest absolute Gasteiger partial charge is 0.341 e. The van der Waals surface area contributed by atoms with E-state index in [1.807, 2.05) is 37.3 Å². The molecule has 0 radical (unpaired) electrons. The number of rotatable bonds is 7. The molecule has 2 N–H and O–H groups in total. The summed E-state index contributed by atoms with van der Waals surface area (Å²) in [6.07, 6.45) is 6.32. The number of anilines is 1. The molecule has 0 fully saturated rings. The van der Waals surface area contributed by atoms with Crippen LogP contribution in [0.25, 0.3) is 11.1 Å². The lowest BCUT2D eigenvalue weighted by Crippen LogP contribution is -2.34. The predicted molar refractivity (Wildman–Crippen MR) is 121 cm³/mol. The molecule has 0 bridgehead atoms. The van der Waals surface area contributed by atoms with Gasteiger partial charge in [-0.05, 0) is 37.3 Å². The molecular weight excluding hydrogens is 414 g/mol. The molecular formula is C24H27NO5S. The van der Waals surface area contributed by atoms with Crippen molar-refractivity contribution in [1.29, 1.82) is 0 Å². The maximum Gasteiger partial charge on any atom is 0.341 e. The Kier molecular flexibility index (Phi) is 7.28. The Morgan fingerprint density at radius 2 is 1.77 bits per heavy atom. The van der Waals surface area contributed by atoms with Gasteiger partial charge in [-0.3, -0.25) is 9.59 Å². The Balaban J connectivity index is 1.96. The number of amides is 1. The van der Waals surface area contributed by atoms with Crippen molar-refractivity contribution in [2.24, 2.45) is 11.8 Å². The number of hydrogen-bond acceptors (Lipinski definition) is 5. The average Bonchev–Trinajstić information content (AvgIpc) is 3.09. The molecule has 3 rings (SSSR count). The number of carboxylic acid groups (broad SMARTS) is 1. The zero-order chi connectivity index (χ0) is 22.5. The predicted octanol–water partition coefficient (Wildman–Crippen LogP) is 5.07. The molecule has 0 saturated heterocycles. The Labute approximate surface area is 185 Å². The van der Waals surface area contributed by atoms with Crippen LogP contribution in [-0.4, -0.2) is 30.1 Å². The van der Waals surface area contributed by atoms with E-state index in [1.165, 1.54) is 24.0 Å². The number of carbonyl (C=O) groups excluding carboxylic acids is 2. The lowest BCUT2D eigenvalue weighted by molar-refractivity contribution is -0.146. The van der Waals surface area contributed by atoms with E-state index in [0.29, 0.717) is 23.4 Å². The minimum absolute atomic E-state index is 0.305. The summed E-state index contributed by atoms with van der Waals surface area (Å²) in [5.41, 5.74) is 3.13. The quantitative estimate of drug-likeness (QED) is 0.462. The number of esters is 1. The summed E-state index contributed by atoms with van der Waals surface area (Å²) < 4.78 is 5.01. The van der Waals surface area contributed by atoms with Gasteiger partial charge in [-0.25, -0.2) is 4.79 Å². The molecule has 2 aromatic rings. The van der Waals surface area contributed by atoms with E-state index in [-0.39, 0.29) is 0 Å². The first-order valence-corrected chi connectivity index (χ1v) is 11.2. The summed E-state index contributed by atoms with van der Waals surface area (Å²) in [6.45, 7) is 4.02. The first-order valence-electron chi connectivity index (χ1n) is 10.4. The van der Waals surface area contributed by atoms with Gasteiger partial charge in [0.2, 0.25) is 5.91 Å². The molecule has 164 valence electrons. The summed E-state index contributed by atoms with van der Waals surface area (Å²) in [7, 11) is 1.31. The number of nitrogens with one attached hydrogen (secondary N) is 1. The fourth-order valence-electron chi connectivity index (χ4n) is 3.99. The number of aryl methyl sites for hydroxylation is 2. The molecule has 0 aliphatic heterocycles. The van der Waals surface area contributed by atoms with Crippen LogP contribution in [0.4, 0.5) is 5.00 Å². The van der Waals surface area contributed by atoms with E-state index in [2.05, 4.69) is 12.2 Å². The van der Waals surface area contributed by atoms with Crippen molar-refractivity contribution < 1.29 is 24.2 Å². The second-order valence-corrected chi connectivity index (χ2v) is 8.88. The molecule has 0 spiro atoms. The normalized spacial score (nSPS) is 17.9.